The Kier molecular flexibility index (Phi) is 1.56. The summed E-state index contributed by atoms with van der Waals surface area (Å²) in [6.45, 7) is 3.51. The van der Waals surface area contributed by atoms with Gasteiger partial charge in [0.15, 0.2) is 0 Å². The van der Waals surface area contributed by atoms with Crippen molar-refractivity contribution in [2.75, 3.05) is 0 Å². The van der Waals surface area contributed by atoms with E-state index >= 15 is 0 Å². The van der Waals surface area contributed by atoms with E-state index in [1.54, 1.807) is 0 Å². The molecule has 1 aliphatic carbocycles. The third kappa shape index (κ3) is 1.04. The lowest BCUT2D eigenvalue weighted by Gasteiger charge is -2.10. The number of aliphatic hydroxyl groups is 1. The zero-order chi connectivity index (χ0) is 9.76. The normalized spacial score (nSPS) is 34.3. The molecule has 0 amide bonds. The number of ether oxygens (including phenoxy) is 1. The van der Waals surface area contributed by atoms with Gasteiger partial charge in [0.2, 0.25) is 0 Å². The highest BCUT2D eigenvalue weighted by Gasteiger charge is 2.51. The van der Waals surface area contributed by atoms with Gasteiger partial charge in [0, 0.05) is 0 Å². The van der Waals surface area contributed by atoms with Crippen LogP contribution in [-0.2, 0) is 23.6 Å². The molecule has 3 rings (SSSR count). The summed E-state index contributed by atoms with van der Waals surface area (Å²) < 4.78 is 5.35. The lowest BCUT2D eigenvalue weighted by Crippen LogP contribution is -2.07. The summed E-state index contributed by atoms with van der Waals surface area (Å²) in [5.41, 5.74) is 3.03. The van der Waals surface area contributed by atoms with Gasteiger partial charge < -0.3 is 9.84 Å². The van der Waals surface area contributed by atoms with Gasteiger partial charge in [-0.1, -0.05) is 25.1 Å². The van der Waals surface area contributed by atoms with Crippen molar-refractivity contribution in [3.05, 3.63) is 34.9 Å². The fraction of sp³-hybridized carbons (Fsp3) is 0.500. The van der Waals surface area contributed by atoms with E-state index < -0.39 is 5.60 Å². The average molecular weight is 190 g/mol. The van der Waals surface area contributed by atoms with Crippen LogP contribution in [-0.4, -0.2) is 5.11 Å². The molecular formula is C12H14O2. The van der Waals surface area contributed by atoms with Crippen molar-refractivity contribution >= 4 is 0 Å². The van der Waals surface area contributed by atoms with Crippen molar-refractivity contribution in [1.29, 1.82) is 0 Å². The fourth-order valence-corrected chi connectivity index (χ4v) is 2.25. The Labute approximate surface area is 83.5 Å². The summed E-state index contributed by atoms with van der Waals surface area (Å²) in [5.74, 6) is 0.405. The first-order chi connectivity index (χ1) is 6.70. The molecule has 0 spiro atoms. The Hall–Kier alpha value is -0.860. The van der Waals surface area contributed by atoms with E-state index in [4.69, 9.17) is 4.74 Å². The number of hydrogen-bond acceptors (Lipinski definition) is 2. The van der Waals surface area contributed by atoms with Crippen LogP contribution in [0, 0.1) is 5.92 Å². The number of hydrogen-bond donors (Lipinski definition) is 1. The van der Waals surface area contributed by atoms with Gasteiger partial charge in [-0.3, -0.25) is 0 Å². The first-order valence-corrected chi connectivity index (χ1v) is 5.12. The molecular weight excluding hydrogens is 176 g/mol. The predicted octanol–water partition coefficient (Wildman–Crippen LogP) is 1.94. The van der Waals surface area contributed by atoms with Crippen LogP contribution in [0.25, 0.3) is 0 Å². The van der Waals surface area contributed by atoms with Crippen molar-refractivity contribution < 1.29 is 9.84 Å². The lowest BCUT2D eigenvalue weighted by molar-refractivity contribution is 0.132. The van der Waals surface area contributed by atoms with Crippen molar-refractivity contribution in [1.82, 2.24) is 0 Å². The second kappa shape index (κ2) is 2.59. The monoisotopic (exact) mass is 190 g/mol. The number of rotatable bonds is 1. The fourth-order valence-electron chi connectivity index (χ4n) is 2.25. The smallest absolute Gasteiger partial charge is 0.0926 e. The van der Waals surface area contributed by atoms with Crippen LogP contribution >= 0.6 is 0 Å². The molecule has 1 fully saturated rings. The Morgan fingerprint density at radius 3 is 2.79 bits per heavy atom. The van der Waals surface area contributed by atoms with E-state index in [1.165, 1.54) is 11.1 Å². The van der Waals surface area contributed by atoms with E-state index in [0.717, 1.165) is 18.6 Å². The predicted molar refractivity (Wildman–Crippen MR) is 52.6 cm³/mol. The molecule has 2 heteroatoms. The Morgan fingerprint density at radius 1 is 1.36 bits per heavy atom. The largest absolute Gasteiger partial charge is 0.385 e. The molecule has 2 unspecified atom stereocenters. The first kappa shape index (κ1) is 8.45. The molecule has 2 nitrogen and oxygen atoms in total. The maximum absolute atomic E-state index is 10.2. The molecule has 2 aliphatic rings. The van der Waals surface area contributed by atoms with Crippen LogP contribution < -0.4 is 0 Å². The molecule has 1 heterocycles. The molecule has 0 aromatic heterocycles. The lowest BCUT2D eigenvalue weighted by atomic mass is 10.0. The highest BCUT2D eigenvalue weighted by molar-refractivity contribution is 5.38. The second-order valence-electron chi connectivity index (χ2n) is 4.51. The van der Waals surface area contributed by atoms with E-state index in [1.807, 2.05) is 6.07 Å². The zero-order valence-corrected chi connectivity index (χ0v) is 8.29. The summed E-state index contributed by atoms with van der Waals surface area (Å²) in [6, 6.07) is 6.23. The summed E-state index contributed by atoms with van der Waals surface area (Å²) in [5, 5.41) is 10.2. The van der Waals surface area contributed by atoms with Crippen molar-refractivity contribution in [3.63, 3.8) is 0 Å². The topological polar surface area (TPSA) is 29.5 Å². The Bertz CT molecular complexity index is 386. The van der Waals surface area contributed by atoms with Gasteiger partial charge in [-0.2, -0.15) is 0 Å². The maximum atomic E-state index is 10.2. The van der Waals surface area contributed by atoms with Gasteiger partial charge in [-0.25, -0.2) is 0 Å². The summed E-state index contributed by atoms with van der Waals surface area (Å²) in [6.07, 6.45) is 0.895. The SMILES string of the molecule is CC1CC1(O)c1ccc2c(c1)COC2. The van der Waals surface area contributed by atoms with Crippen molar-refractivity contribution in [2.24, 2.45) is 5.92 Å². The first-order valence-electron chi connectivity index (χ1n) is 5.12. The number of benzene rings is 1. The highest BCUT2D eigenvalue weighted by atomic mass is 16.5. The zero-order valence-electron chi connectivity index (χ0n) is 8.29. The standard InChI is InChI=1S/C12H14O2/c1-8-5-12(8,13)11-3-2-9-6-14-7-10(9)4-11/h2-4,8,13H,5-7H2,1H3. The summed E-state index contributed by atoms with van der Waals surface area (Å²) in [4.78, 5) is 0. The third-order valence-corrected chi connectivity index (χ3v) is 3.49. The van der Waals surface area contributed by atoms with Crippen LogP contribution in [0.15, 0.2) is 18.2 Å². The van der Waals surface area contributed by atoms with E-state index in [2.05, 4.69) is 19.1 Å². The molecule has 0 bridgehead atoms. The summed E-state index contributed by atoms with van der Waals surface area (Å²) in [7, 11) is 0. The minimum atomic E-state index is -0.544. The number of fused-ring (bicyclic) bond motifs is 1. The van der Waals surface area contributed by atoms with Gasteiger partial charge >= 0.3 is 0 Å². The van der Waals surface area contributed by atoms with Gasteiger partial charge in [0.25, 0.3) is 0 Å². The molecule has 1 aromatic carbocycles. The Balaban J connectivity index is 2.01. The molecule has 1 N–H and O–H groups in total. The minimum absolute atomic E-state index is 0.405. The van der Waals surface area contributed by atoms with Gasteiger partial charge in [-0.05, 0) is 29.0 Å². The molecule has 14 heavy (non-hydrogen) atoms. The van der Waals surface area contributed by atoms with Gasteiger partial charge in [0.05, 0.1) is 18.8 Å². The highest BCUT2D eigenvalue weighted by Crippen LogP contribution is 2.51. The maximum Gasteiger partial charge on any atom is 0.0926 e. The van der Waals surface area contributed by atoms with Crippen molar-refractivity contribution in [3.8, 4) is 0 Å². The molecule has 1 saturated carbocycles. The Morgan fingerprint density at radius 2 is 2.07 bits per heavy atom. The molecule has 0 saturated heterocycles. The molecule has 74 valence electrons. The quantitative estimate of drug-likeness (QED) is 0.733. The van der Waals surface area contributed by atoms with Gasteiger partial charge in [0.1, 0.15) is 0 Å². The van der Waals surface area contributed by atoms with E-state index in [-0.39, 0.29) is 0 Å². The van der Waals surface area contributed by atoms with Crippen LogP contribution in [0.5, 0.6) is 0 Å². The van der Waals surface area contributed by atoms with Crippen LogP contribution in [0.1, 0.15) is 30.0 Å². The molecule has 2 atom stereocenters. The van der Waals surface area contributed by atoms with Crippen molar-refractivity contribution in [2.45, 2.75) is 32.2 Å². The molecule has 1 aliphatic heterocycles. The molecule has 0 radical (unpaired) electrons. The third-order valence-electron chi connectivity index (χ3n) is 3.49. The van der Waals surface area contributed by atoms with Crippen LogP contribution in [0.2, 0.25) is 0 Å². The van der Waals surface area contributed by atoms with Crippen LogP contribution in [0.3, 0.4) is 0 Å². The minimum Gasteiger partial charge on any atom is -0.385 e. The average Bonchev–Trinajstić information content (AvgIpc) is 2.66. The summed E-state index contributed by atoms with van der Waals surface area (Å²) >= 11 is 0. The van der Waals surface area contributed by atoms with Crippen LogP contribution in [0.4, 0.5) is 0 Å². The van der Waals surface area contributed by atoms with E-state index in [9.17, 15) is 5.11 Å². The second-order valence-corrected chi connectivity index (χ2v) is 4.51. The molecule has 1 aromatic rings. The van der Waals surface area contributed by atoms with E-state index in [0.29, 0.717) is 12.5 Å². The van der Waals surface area contributed by atoms with Gasteiger partial charge in [-0.15, -0.1) is 0 Å².